The van der Waals surface area contributed by atoms with Crippen LogP contribution in [-0.2, 0) is 11.2 Å². The van der Waals surface area contributed by atoms with Crippen LogP contribution in [0.5, 0.6) is 0 Å². The first-order chi connectivity index (χ1) is 7.11. The molecule has 78 valence electrons. The predicted octanol–water partition coefficient (Wildman–Crippen LogP) is 1.57. The molecule has 1 aromatic rings. The number of nitrogens with zero attached hydrogens (tertiary/aromatic N) is 1. The summed E-state index contributed by atoms with van der Waals surface area (Å²) < 4.78 is 0. The number of amides is 1. The van der Waals surface area contributed by atoms with Crippen LogP contribution in [0.25, 0.3) is 0 Å². The van der Waals surface area contributed by atoms with E-state index in [1.807, 2.05) is 31.2 Å². The van der Waals surface area contributed by atoms with Crippen LogP contribution in [0.4, 0.5) is 0 Å². The smallest absolute Gasteiger partial charge is 0.217 e. The van der Waals surface area contributed by atoms with E-state index >= 15 is 0 Å². The summed E-state index contributed by atoms with van der Waals surface area (Å²) in [5.41, 5.74) is 2.24. The average Bonchev–Trinajstić information content (AvgIpc) is 2.19. The summed E-state index contributed by atoms with van der Waals surface area (Å²) in [4.78, 5) is 10.8. The molecule has 1 atom stereocenters. The second kappa shape index (κ2) is 5.16. The number of aryl methyl sites for hydroxylation is 1. The average molecular weight is 202 g/mol. The van der Waals surface area contributed by atoms with E-state index in [4.69, 9.17) is 5.26 Å². The maximum absolute atomic E-state index is 10.8. The van der Waals surface area contributed by atoms with Crippen LogP contribution >= 0.6 is 0 Å². The predicted molar refractivity (Wildman–Crippen MR) is 58.1 cm³/mol. The van der Waals surface area contributed by atoms with Crippen molar-refractivity contribution in [1.29, 1.82) is 5.26 Å². The minimum Gasteiger partial charge on any atom is -0.340 e. The zero-order valence-corrected chi connectivity index (χ0v) is 8.95. The fourth-order valence-corrected chi connectivity index (χ4v) is 1.33. The van der Waals surface area contributed by atoms with Gasteiger partial charge in [-0.2, -0.15) is 5.26 Å². The number of rotatable bonds is 3. The molecule has 0 radical (unpaired) electrons. The molecule has 0 fully saturated rings. The monoisotopic (exact) mass is 202 g/mol. The maximum atomic E-state index is 10.8. The fraction of sp³-hybridized carbons (Fsp3) is 0.333. The van der Waals surface area contributed by atoms with Gasteiger partial charge in [-0.1, -0.05) is 29.8 Å². The lowest BCUT2D eigenvalue weighted by molar-refractivity contribution is -0.119. The van der Waals surface area contributed by atoms with E-state index in [1.165, 1.54) is 12.5 Å². The molecule has 0 bridgehead atoms. The van der Waals surface area contributed by atoms with E-state index in [9.17, 15) is 4.79 Å². The SMILES string of the molecule is CC(=O)N[C@H](C#N)Cc1ccc(C)cc1. The molecule has 0 aliphatic carbocycles. The van der Waals surface area contributed by atoms with Crippen molar-refractivity contribution in [1.82, 2.24) is 5.32 Å². The summed E-state index contributed by atoms with van der Waals surface area (Å²) >= 11 is 0. The molecule has 0 saturated carbocycles. The highest BCUT2D eigenvalue weighted by Crippen LogP contribution is 2.05. The molecule has 0 spiro atoms. The first-order valence-corrected chi connectivity index (χ1v) is 4.84. The summed E-state index contributed by atoms with van der Waals surface area (Å²) in [5, 5.41) is 11.4. The molecule has 0 aliphatic rings. The van der Waals surface area contributed by atoms with Gasteiger partial charge in [0.15, 0.2) is 0 Å². The van der Waals surface area contributed by atoms with Crippen LogP contribution in [0.2, 0.25) is 0 Å². The van der Waals surface area contributed by atoms with Crippen molar-refractivity contribution in [2.24, 2.45) is 0 Å². The standard InChI is InChI=1S/C12H14N2O/c1-9-3-5-11(6-4-9)7-12(8-13)14-10(2)15/h3-6,12H,7H2,1-2H3,(H,14,15)/t12-/m0/s1. The Hall–Kier alpha value is -1.82. The largest absolute Gasteiger partial charge is 0.340 e. The van der Waals surface area contributed by atoms with Gasteiger partial charge in [0.05, 0.1) is 6.07 Å². The second-order valence-electron chi connectivity index (χ2n) is 3.57. The van der Waals surface area contributed by atoms with Crippen molar-refractivity contribution >= 4 is 5.91 Å². The van der Waals surface area contributed by atoms with Gasteiger partial charge in [0.25, 0.3) is 0 Å². The van der Waals surface area contributed by atoms with Crippen LogP contribution in [0.1, 0.15) is 18.1 Å². The topological polar surface area (TPSA) is 52.9 Å². The van der Waals surface area contributed by atoms with Crippen LogP contribution in [-0.4, -0.2) is 11.9 Å². The van der Waals surface area contributed by atoms with E-state index in [0.717, 1.165) is 5.56 Å². The van der Waals surface area contributed by atoms with E-state index < -0.39 is 6.04 Å². The van der Waals surface area contributed by atoms with E-state index in [1.54, 1.807) is 0 Å². The number of carbonyl (C=O) groups is 1. The Bertz CT molecular complexity index is 376. The molecular weight excluding hydrogens is 188 g/mol. The number of hydrogen-bond acceptors (Lipinski definition) is 2. The van der Waals surface area contributed by atoms with Gasteiger partial charge >= 0.3 is 0 Å². The van der Waals surface area contributed by atoms with Crippen LogP contribution < -0.4 is 5.32 Å². The fourth-order valence-electron chi connectivity index (χ4n) is 1.33. The number of benzene rings is 1. The third-order valence-electron chi connectivity index (χ3n) is 2.09. The lowest BCUT2D eigenvalue weighted by Crippen LogP contribution is -2.33. The Morgan fingerprint density at radius 1 is 1.47 bits per heavy atom. The van der Waals surface area contributed by atoms with Crippen LogP contribution in [0.15, 0.2) is 24.3 Å². The van der Waals surface area contributed by atoms with E-state index in [-0.39, 0.29) is 5.91 Å². The van der Waals surface area contributed by atoms with Crippen molar-refractivity contribution in [2.75, 3.05) is 0 Å². The van der Waals surface area contributed by atoms with Crippen molar-refractivity contribution < 1.29 is 4.79 Å². The normalized spacial score (nSPS) is 11.5. The van der Waals surface area contributed by atoms with Crippen molar-refractivity contribution in [3.63, 3.8) is 0 Å². The molecule has 0 aliphatic heterocycles. The molecule has 1 aromatic carbocycles. The number of hydrogen-bond donors (Lipinski definition) is 1. The molecule has 0 saturated heterocycles. The molecule has 1 N–H and O–H groups in total. The number of nitriles is 1. The molecule has 1 amide bonds. The van der Waals surface area contributed by atoms with Gasteiger partial charge in [0.1, 0.15) is 6.04 Å². The Kier molecular flexibility index (Phi) is 3.87. The number of carbonyl (C=O) groups excluding carboxylic acids is 1. The maximum Gasteiger partial charge on any atom is 0.217 e. The lowest BCUT2D eigenvalue weighted by atomic mass is 10.1. The first-order valence-electron chi connectivity index (χ1n) is 4.84. The van der Waals surface area contributed by atoms with Crippen molar-refractivity contribution in [2.45, 2.75) is 26.3 Å². The first kappa shape index (κ1) is 11.3. The minimum absolute atomic E-state index is 0.173. The van der Waals surface area contributed by atoms with Gasteiger partial charge < -0.3 is 5.32 Å². The van der Waals surface area contributed by atoms with Gasteiger partial charge in [0, 0.05) is 13.3 Å². The van der Waals surface area contributed by atoms with Crippen molar-refractivity contribution in [3.8, 4) is 6.07 Å². The zero-order valence-electron chi connectivity index (χ0n) is 8.95. The second-order valence-corrected chi connectivity index (χ2v) is 3.57. The highest BCUT2D eigenvalue weighted by molar-refractivity contribution is 5.73. The highest BCUT2D eigenvalue weighted by Gasteiger charge is 2.08. The van der Waals surface area contributed by atoms with Gasteiger partial charge in [-0.3, -0.25) is 4.79 Å². The highest BCUT2D eigenvalue weighted by atomic mass is 16.1. The third kappa shape index (κ3) is 3.82. The molecule has 15 heavy (non-hydrogen) atoms. The van der Waals surface area contributed by atoms with Gasteiger partial charge in [-0.05, 0) is 12.5 Å². The summed E-state index contributed by atoms with van der Waals surface area (Å²) in [6.45, 7) is 3.43. The molecule has 3 heteroatoms. The Morgan fingerprint density at radius 3 is 2.53 bits per heavy atom. The molecular formula is C12H14N2O. The number of nitrogens with one attached hydrogen (secondary N) is 1. The molecule has 0 heterocycles. The van der Waals surface area contributed by atoms with Gasteiger partial charge in [-0.15, -0.1) is 0 Å². The van der Waals surface area contributed by atoms with E-state index in [2.05, 4.69) is 11.4 Å². The van der Waals surface area contributed by atoms with Gasteiger partial charge in [0.2, 0.25) is 5.91 Å². The summed E-state index contributed by atoms with van der Waals surface area (Å²) in [7, 11) is 0. The van der Waals surface area contributed by atoms with Gasteiger partial charge in [-0.25, -0.2) is 0 Å². The van der Waals surface area contributed by atoms with Crippen molar-refractivity contribution in [3.05, 3.63) is 35.4 Å². The van der Waals surface area contributed by atoms with E-state index in [0.29, 0.717) is 6.42 Å². The zero-order chi connectivity index (χ0) is 11.3. The molecule has 0 aromatic heterocycles. The lowest BCUT2D eigenvalue weighted by Gasteiger charge is -2.09. The Labute approximate surface area is 89.7 Å². The summed E-state index contributed by atoms with van der Waals surface area (Å²) in [5.74, 6) is -0.173. The Morgan fingerprint density at radius 2 is 2.07 bits per heavy atom. The summed E-state index contributed by atoms with van der Waals surface area (Å²) in [6.07, 6.45) is 0.552. The quantitative estimate of drug-likeness (QED) is 0.808. The minimum atomic E-state index is -0.440. The Balaban J connectivity index is 2.63. The molecule has 1 rings (SSSR count). The summed E-state index contributed by atoms with van der Waals surface area (Å²) in [6, 6.07) is 9.57. The van der Waals surface area contributed by atoms with Crippen LogP contribution in [0.3, 0.4) is 0 Å². The molecule has 0 unspecified atom stereocenters. The van der Waals surface area contributed by atoms with Crippen LogP contribution in [0, 0.1) is 18.3 Å². The molecule has 3 nitrogen and oxygen atoms in total. The third-order valence-corrected chi connectivity index (χ3v) is 2.09.